The van der Waals surface area contributed by atoms with Crippen molar-refractivity contribution in [3.8, 4) is 0 Å². The summed E-state index contributed by atoms with van der Waals surface area (Å²) >= 11 is 0. The molecule has 0 amide bonds. The molecule has 0 radical (unpaired) electrons. The lowest BCUT2D eigenvalue weighted by molar-refractivity contribution is -0.0432. The third-order valence-electron chi connectivity index (χ3n) is 6.14. The van der Waals surface area contributed by atoms with Crippen LogP contribution in [0.2, 0.25) is 0 Å². The first-order valence-corrected chi connectivity index (χ1v) is 11.1. The summed E-state index contributed by atoms with van der Waals surface area (Å²) in [6, 6.07) is 0. The van der Waals surface area contributed by atoms with Crippen LogP contribution >= 0.6 is 0 Å². The number of nitrogen functional groups attached to an aromatic ring is 1. The summed E-state index contributed by atoms with van der Waals surface area (Å²) in [6.07, 6.45) is 2.83. The molecule has 208 valence electrons. The summed E-state index contributed by atoms with van der Waals surface area (Å²) in [7, 11) is 0. The van der Waals surface area contributed by atoms with Gasteiger partial charge in [0, 0.05) is 12.8 Å². The maximum absolute atomic E-state index is 11.5. The molecule has 6 atom stereocenters. The molecular formula is C22H33N9O7. The largest absolute Gasteiger partial charge is 0.394 e. The normalized spacial score (nSPS) is 26.5. The minimum atomic E-state index is -0.737. The molecule has 0 aliphatic carbocycles. The van der Waals surface area contributed by atoms with Crippen LogP contribution in [0.3, 0.4) is 0 Å². The fourth-order valence-electron chi connectivity index (χ4n) is 4.25. The summed E-state index contributed by atoms with van der Waals surface area (Å²) in [4.78, 5) is 34.0. The number of nitrogens with zero attached hydrogens (tertiary/aromatic N) is 7. The van der Waals surface area contributed by atoms with Crippen molar-refractivity contribution in [1.82, 2.24) is 39.0 Å². The van der Waals surface area contributed by atoms with E-state index in [2.05, 4.69) is 29.9 Å². The van der Waals surface area contributed by atoms with E-state index in [1.807, 2.05) is 0 Å². The van der Waals surface area contributed by atoms with Gasteiger partial charge in [0.1, 0.15) is 36.5 Å². The number of aromatic amines is 1. The van der Waals surface area contributed by atoms with Gasteiger partial charge in [0.25, 0.3) is 5.56 Å². The molecule has 4 aromatic rings. The number of aliphatic hydroxyl groups excluding tert-OH is 4. The Balaban J connectivity index is 0.000000200. The predicted octanol–water partition coefficient (Wildman–Crippen LogP) is -0.918. The van der Waals surface area contributed by atoms with Crippen LogP contribution in [0.4, 0.5) is 5.82 Å². The van der Waals surface area contributed by atoms with Crippen molar-refractivity contribution in [3.63, 3.8) is 0 Å². The van der Waals surface area contributed by atoms with E-state index < -0.39 is 36.9 Å². The first kappa shape index (κ1) is 29.0. The number of imidazole rings is 2. The minimum absolute atomic E-state index is 0. The number of hydrogen-bond donors (Lipinski definition) is 6. The van der Waals surface area contributed by atoms with E-state index >= 15 is 0 Å². The van der Waals surface area contributed by atoms with Crippen LogP contribution in [0, 0.1) is 0 Å². The van der Waals surface area contributed by atoms with Gasteiger partial charge in [0.05, 0.1) is 44.4 Å². The number of nitrogens with two attached hydrogens (primary N) is 1. The molecule has 0 bridgehead atoms. The fourth-order valence-corrected chi connectivity index (χ4v) is 4.25. The minimum Gasteiger partial charge on any atom is -0.394 e. The average Bonchev–Trinajstić information content (AvgIpc) is 3.64. The number of H-pyrrole nitrogens is 1. The van der Waals surface area contributed by atoms with Crippen LogP contribution in [0.25, 0.3) is 22.3 Å². The molecule has 6 unspecified atom stereocenters. The second kappa shape index (κ2) is 11.9. The van der Waals surface area contributed by atoms with E-state index in [0.717, 1.165) is 0 Å². The molecule has 6 heterocycles. The SMILES string of the molecule is C.C.Nc1ncnc2c1ncn2C1CC(O)C(CO)O1.O=c1[nH]cnc2c1ncn2C1CC(O)C(CO)O1. The Morgan fingerprint density at radius 1 is 0.868 bits per heavy atom. The van der Waals surface area contributed by atoms with E-state index in [9.17, 15) is 15.0 Å². The quantitative estimate of drug-likeness (QED) is 0.186. The molecule has 2 aliphatic rings. The van der Waals surface area contributed by atoms with Gasteiger partial charge in [0.15, 0.2) is 22.6 Å². The van der Waals surface area contributed by atoms with Gasteiger partial charge in [-0.25, -0.2) is 24.9 Å². The number of rotatable bonds is 4. The Morgan fingerprint density at radius 2 is 1.39 bits per heavy atom. The first-order chi connectivity index (χ1) is 17.4. The maximum atomic E-state index is 11.5. The fraction of sp³-hybridized carbons (Fsp3) is 0.545. The Labute approximate surface area is 216 Å². The second-order valence-electron chi connectivity index (χ2n) is 8.37. The van der Waals surface area contributed by atoms with Crippen molar-refractivity contribution in [2.75, 3.05) is 18.9 Å². The molecule has 7 N–H and O–H groups in total. The highest BCUT2D eigenvalue weighted by molar-refractivity contribution is 5.81. The van der Waals surface area contributed by atoms with Gasteiger partial charge in [-0.3, -0.25) is 13.9 Å². The summed E-state index contributed by atoms with van der Waals surface area (Å²) in [5, 5.41) is 37.5. The molecule has 4 aromatic heterocycles. The molecule has 16 nitrogen and oxygen atoms in total. The van der Waals surface area contributed by atoms with Crippen molar-refractivity contribution in [3.05, 3.63) is 35.7 Å². The zero-order valence-corrected chi connectivity index (χ0v) is 18.8. The smallest absolute Gasteiger partial charge is 0.278 e. The zero-order chi connectivity index (χ0) is 25.4. The van der Waals surface area contributed by atoms with Crippen LogP contribution in [0.1, 0.15) is 40.2 Å². The molecular weight excluding hydrogens is 502 g/mol. The molecule has 0 saturated carbocycles. The van der Waals surface area contributed by atoms with Gasteiger partial charge in [-0.05, 0) is 0 Å². The lowest BCUT2D eigenvalue weighted by Gasteiger charge is -2.13. The lowest BCUT2D eigenvalue weighted by Crippen LogP contribution is -2.24. The number of hydrogen-bond acceptors (Lipinski definition) is 13. The molecule has 2 fully saturated rings. The monoisotopic (exact) mass is 535 g/mol. The van der Waals surface area contributed by atoms with Gasteiger partial charge < -0.3 is 40.6 Å². The number of anilines is 1. The Kier molecular flexibility index (Phi) is 9.08. The zero-order valence-electron chi connectivity index (χ0n) is 18.8. The molecule has 2 saturated heterocycles. The summed E-state index contributed by atoms with van der Waals surface area (Å²) in [6.45, 7) is -0.472. The van der Waals surface area contributed by atoms with Crippen molar-refractivity contribution in [2.24, 2.45) is 0 Å². The second-order valence-corrected chi connectivity index (χ2v) is 8.37. The molecule has 6 rings (SSSR count). The average molecular weight is 536 g/mol. The molecule has 0 aromatic carbocycles. The van der Waals surface area contributed by atoms with Crippen molar-refractivity contribution >= 4 is 28.1 Å². The highest BCUT2D eigenvalue weighted by atomic mass is 16.5. The predicted molar refractivity (Wildman–Crippen MR) is 135 cm³/mol. The van der Waals surface area contributed by atoms with Crippen LogP contribution in [0.5, 0.6) is 0 Å². The van der Waals surface area contributed by atoms with Crippen molar-refractivity contribution in [1.29, 1.82) is 0 Å². The number of ether oxygens (including phenoxy) is 2. The molecule has 16 heteroatoms. The molecule has 38 heavy (non-hydrogen) atoms. The Bertz CT molecular complexity index is 1410. The molecule has 0 spiro atoms. The van der Waals surface area contributed by atoms with Gasteiger partial charge >= 0.3 is 0 Å². The Hall–Kier alpha value is -3.54. The topological polar surface area (TPSA) is 233 Å². The maximum Gasteiger partial charge on any atom is 0.278 e. The van der Waals surface area contributed by atoms with Crippen LogP contribution in [0.15, 0.2) is 30.1 Å². The Morgan fingerprint density at radius 3 is 1.92 bits per heavy atom. The first-order valence-electron chi connectivity index (χ1n) is 11.1. The lowest BCUT2D eigenvalue weighted by atomic mass is 10.2. The van der Waals surface area contributed by atoms with E-state index in [0.29, 0.717) is 35.5 Å². The third kappa shape index (κ3) is 5.22. The molecule has 2 aliphatic heterocycles. The van der Waals surface area contributed by atoms with E-state index in [4.69, 9.17) is 25.4 Å². The number of nitrogens with one attached hydrogen (secondary N) is 1. The highest BCUT2D eigenvalue weighted by Crippen LogP contribution is 2.31. The van der Waals surface area contributed by atoms with E-state index in [-0.39, 0.29) is 39.1 Å². The van der Waals surface area contributed by atoms with Gasteiger partial charge in [0.2, 0.25) is 0 Å². The van der Waals surface area contributed by atoms with Gasteiger partial charge in [-0.2, -0.15) is 0 Å². The third-order valence-corrected chi connectivity index (χ3v) is 6.14. The summed E-state index contributed by atoms with van der Waals surface area (Å²) < 4.78 is 14.3. The number of aliphatic hydroxyl groups is 4. The number of aromatic nitrogens is 8. The highest BCUT2D eigenvalue weighted by Gasteiger charge is 2.36. The van der Waals surface area contributed by atoms with Crippen molar-refractivity contribution in [2.45, 2.75) is 64.6 Å². The van der Waals surface area contributed by atoms with Crippen molar-refractivity contribution < 1.29 is 29.9 Å². The van der Waals surface area contributed by atoms with Gasteiger partial charge in [-0.15, -0.1) is 0 Å². The van der Waals surface area contributed by atoms with Crippen LogP contribution in [-0.4, -0.2) is 97.1 Å². The van der Waals surface area contributed by atoms with E-state index in [1.54, 1.807) is 15.5 Å². The van der Waals surface area contributed by atoms with Gasteiger partial charge in [-0.1, -0.05) is 14.9 Å². The number of fused-ring (bicyclic) bond motifs is 2. The van der Waals surface area contributed by atoms with Crippen LogP contribution < -0.4 is 11.3 Å². The van der Waals surface area contributed by atoms with Crippen LogP contribution in [-0.2, 0) is 9.47 Å². The van der Waals surface area contributed by atoms with E-state index in [1.165, 1.54) is 19.0 Å². The standard InChI is InChI=1S/C10H13N5O3.C10H12N4O4.2CH4/c11-9-8-10(13-3-12-9)15(4-14-8)7-1-5(17)6(2-16)18-7;15-2-6-5(16)1-7(18-6)14-4-13-8-9(14)11-3-12-10(8)17;;/h3-7,16-17H,1-2H2,(H2,11,12,13);3-7,15-16H,1-2H2,(H,11,12,17);2*1H4. The summed E-state index contributed by atoms with van der Waals surface area (Å²) in [5.74, 6) is 0.302. The summed E-state index contributed by atoms with van der Waals surface area (Å²) in [5.41, 5.74) is 7.05.